The molecule has 4 unspecified atom stereocenters. The summed E-state index contributed by atoms with van der Waals surface area (Å²) >= 11 is 0. The number of hydrogen-bond acceptors (Lipinski definition) is 0. The van der Waals surface area contributed by atoms with Gasteiger partial charge in [-0.15, -0.1) is 0 Å². The van der Waals surface area contributed by atoms with Gasteiger partial charge in [0.25, 0.3) is 0 Å². The van der Waals surface area contributed by atoms with Crippen molar-refractivity contribution in [3.63, 3.8) is 0 Å². The van der Waals surface area contributed by atoms with Crippen LogP contribution >= 0.6 is 0 Å². The molecule has 0 aliphatic heterocycles. The molecular formula is C21H38. The first-order valence-corrected chi connectivity index (χ1v) is 10.4. The lowest BCUT2D eigenvalue weighted by Gasteiger charge is -2.45. The molecule has 21 heavy (non-hydrogen) atoms. The van der Waals surface area contributed by atoms with Crippen molar-refractivity contribution in [1.82, 2.24) is 0 Å². The molecule has 0 aromatic rings. The highest BCUT2D eigenvalue weighted by atomic mass is 14.4. The van der Waals surface area contributed by atoms with Crippen molar-refractivity contribution in [2.75, 3.05) is 0 Å². The molecule has 0 heterocycles. The highest BCUT2D eigenvalue weighted by molar-refractivity contribution is 4.88. The summed E-state index contributed by atoms with van der Waals surface area (Å²) in [5.74, 6) is 5.62. The lowest BCUT2D eigenvalue weighted by molar-refractivity contribution is 0.0631. The Labute approximate surface area is 133 Å². The van der Waals surface area contributed by atoms with Gasteiger partial charge in [0.2, 0.25) is 0 Å². The topological polar surface area (TPSA) is 0 Å². The second kappa shape index (κ2) is 8.02. The Kier molecular flexibility index (Phi) is 6.07. The molecule has 122 valence electrons. The second-order valence-electron chi connectivity index (χ2n) is 8.67. The smallest absolute Gasteiger partial charge is 0.0383 e. The Hall–Kier alpha value is 0. The van der Waals surface area contributed by atoms with Crippen LogP contribution < -0.4 is 0 Å². The van der Waals surface area contributed by atoms with E-state index in [2.05, 4.69) is 6.92 Å². The van der Waals surface area contributed by atoms with Gasteiger partial charge < -0.3 is 0 Å². The Bertz CT molecular complexity index is 288. The van der Waals surface area contributed by atoms with Crippen molar-refractivity contribution in [3.8, 4) is 0 Å². The molecule has 0 spiro atoms. The number of rotatable bonds is 5. The maximum absolute atomic E-state index is 2.34. The van der Waals surface area contributed by atoms with Crippen molar-refractivity contribution in [1.29, 1.82) is 0 Å². The van der Waals surface area contributed by atoms with E-state index in [9.17, 15) is 0 Å². The van der Waals surface area contributed by atoms with Crippen molar-refractivity contribution in [2.24, 2.45) is 29.6 Å². The first-order valence-electron chi connectivity index (χ1n) is 10.4. The Morgan fingerprint density at radius 3 is 2.05 bits per heavy atom. The summed E-state index contributed by atoms with van der Waals surface area (Å²) < 4.78 is 0. The van der Waals surface area contributed by atoms with E-state index >= 15 is 0 Å². The van der Waals surface area contributed by atoms with Gasteiger partial charge in [0.05, 0.1) is 0 Å². The molecule has 0 aromatic carbocycles. The van der Waals surface area contributed by atoms with E-state index in [1.807, 2.05) is 0 Å². The Morgan fingerprint density at radius 2 is 1.29 bits per heavy atom. The summed E-state index contributed by atoms with van der Waals surface area (Å²) in [4.78, 5) is 0. The van der Waals surface area contributed by atoms with E-state index in [0.717, 1.165) is 29.6 Å². The lowest BCUT2D eigenvalue weighted by Crippen LogP contribution is -2.34. The Balaban J connectivity index is 1.44. The lowest BCUT2D eigenvalue weighted by atomic mass is 9.61. The van der Waals surface area contributed by atoms with Crippen LogP contribution in [0.2, 0.25) is 0 Å². The predicted molar refractivity (Wildman–Crippen MR) is 92.4 cm³/mol. The van der Waals surface area contributed by atoms with Gasteiger partial charge in [0, 0.05) is 0 Å². The molecule has 0 N–H and O–H groups in total. The second-order valence-corrected chi connectivity index (χ2v) is 8.67. The van der Waals surface area contributed by atoms with Crippen LogP contribution in [0.1, 0.15) is 103 Å². The summed E-state index contributed by atoms with van der Waals surface area (Å²) in [5.41, 5.74) is 0. The van der Waals surface area contributed by atoms with Crippen LogP contribution in [0.15, 0.2) is 0 Å². The molecule has 3 aliphatic rings. The molecule has 3 fully saturated rings. The first-order chi connectivity index (χ1) is 10.4. The minimum absolute atomic E-state index is 1.10. The van der Waals surface area contributed by atoms with Crippen LogP contribution in [-0.4, -0.2) is 0 Å². The summed E-state index contributed by atoms with van der Waals surface area (Å²) in [5, 5.41) is 0. The molecule has 3 saturated carbocycles. The van der Waals surface area contributed by atoms with E-state index < -0.39 is 0 Å². The molecular weight excluding hydrogens is 252 g/mol. The van der Waals surface area contributed by atoms with Crippen molar-refractivity contribution >= 4 is 0 Å². The Morgan fingerprint density at radius 1 is 0.619 bits per heavy atom. The molecule has 0 bridgehead atoms. The third-order valence-corrected chi connectivity index (χ3v) is 7.29. The summed E-state index contributed by atoms with van der Waals surface area (Å²) in [6.07, 6.45) is 23.2. The minimum atomic E-state index is 1.10. The molecule has 0 heteroatoms. The van der Waals surface area contributed by atoms with Gasteiger partial charge in [-0.2, -0.15) is 0 Å². The van der Waals surface area contributed by atoms with Crippen LogP contribution in [0.25, 0.3) is 0 Å². The van der Waals surface area contributed by atoms with Gasteiger partial charge in [-0.25, -0.2) is 0 Å². The normalized spacial score (nSPS) is 38.1. The first kappa shape index (κ1) is 15.9. The number of fused-ring (bicyclic) bond motifs is 1. The number of hydrogen-bond donors (Lipinski definition) is 0. The molecule has 4 atom stereocenters. The molecule has 0 nitrogen and oxygen atoms in total. The van der Waals surface area contributed by atoms with E-state index in [1.165, 1.54) is 38.5 Å². The average Bonchev–Trinajstić information content (AvgIpc) is 2.55. The van der Waals surface area contributed by atoms with Crippen LogP contribution in [0.4, 0.5) is 0 Å². The summed E-state index contributed by atoms with van der Waals surface area (Å²) in [6.45, 7) is 2.34. The van der Waals surface area contributed by atoms with Crippen LogP contribution in [0.3, 0.4) is 0 Å². The van der Waals surface area contributed by atoms with Gasteiger partial charge in [-0.3, -0.25) is 0 Å². The van der Waals surface area contributed by atoms with Gasteiger partial charge in [-0.1, -0.05) is 71.1 Å². The quantitative estimate of drug-likeness (QED) is 0.479. The molecule has 3 aliphatic carbocycles. The maximum atomic E-state index is 2.34. The van der Waals surface area contributed by atoms with Crippen LogP contribution in [-0.2, 0) is 0 Å². The van der Waals surface area contributed by atoms with Gasteiger partial charge in [0.15, 0.2) is 0 Å². The van der Waals surface area contributed by atoms with Gasteiger partial charge in [-0.05, 0) is 61.7 Å². The van der Waals surface area contributed by atoms with Crippen molar-refractivity contribution in [3.05, 3.63) is 0 Å². The fraction of sp³-hybridized carbons (Fsp3) is 1.00. The summed E-state index contributed by atoms with van der Waals surface area (Å²) in [7, 11) is 0. The fourth-order valence-corrected chi connectivity index (χ4v) is 6.00. The zero-order valence-electron chi connectivity index (χ0n) is 14.5. The van der Waals surface area contributed by atoms with E-state index in [1.54, 1.807) is 57.8 Å². The minimum Gasteiger partial charge on any atom is -0.0654 e. The van der Waals surface area contributed by atoms with Crippen molar-refractivity contribution < 1.29 is 0 Å². The molecule has 0 amide bonds. The molecule has 0 saturated heterocycles. The SMILES string of the molecule is CCCCCC1CCC2CC(C3CCCCC3)CCC2C1. The third-order valence-electron chi connectivity index (χ3n) is 7.29. The summed E-state index contributed by atoms with van der Waals surface area (Å²) in [6, 6.07) is 0. The highest BCUT2D eigenvalue weighted by Gasteiger charge is 2.37. The van der Waals surface area contributed by atoms with Gasteiger partial charge >= 0.3 is 0 Å². The average molecular weight is 291 g/mol. The van der Waals surface area contributed by atoms with Crippen molar-refractivity contribution in [2.45, 2.75) is 103 Å². The monoisotopic (exact) mass is 290 g/mol. The molecule has 0 aromatic heterocycles. The zero-order chi connectivity index (χ0) is 14.5. The van der Waals surface area contributed by atoms with Crippen LogP contribution in [0.5, 0.6) is 0 Å². The maximum Gasteiger partial charge on any atom is -0.0383 e. The van der Waals surface area contributed by atoms with Gasteiger partial charge in [0.1, 0.15) is 0 Å². The highest BCUT2D eigenvalue weighted by Crippen LogP contribution is 2.49. The predicted octanol–water partition coefficient (Wildman–Crippen LogP) is 6.98. The standard InChI is InChI=1S/C21H38/c1-2-3-5-8-17-11-12-21-16-20(14-13-19(21)15-17)18-9-6-4-7-10-18/h17-21H,2-16H2,1H3. The fourth-order valence-electron chi connectivity index (χ4n) is 6.00. The van der Waals surface area contributed by atoms with E-state index in [4.69, 9.17) is 0 Å². The molecule has 0 radical (unpaired) electrons. The van der Waals surface area contributed by atoms with Crippen LogP contribution in [0, 0.1) is 29.6 Å². The zero-order valence-corrected chi connectivity index (χ0v) is 14.5. The number of unbranched alkanes of at least 4 members (excludes halogenated alkanes) is 2. The van der Waals surface area contributed by atoms with E-state index in [-0.39, 0.29) is 0 Å². The third kappa shape index (κ3) is 4.26. The largest absolute Gasteiger partial charge is 0.0654 e. The molecule has 3 rings (SSSR count). The van der Waals surface area contributed by atoms with E-state index in [0.29, 0.717) is 0 Å².